The van der Waals surface area contributed by atoms with Gasteiger partial charge in [-0.15, -0.1) is 11.3 Å². The average Bonchev–Trinajstić information content (AvgIpc) is 2.47. The molecule has 1 aliphatic rings. The Morgan fingerprint density at radius 2 is 2.25 bits per heavy atom. The number of thiazole rings is 1. The van der Waals surface area contributed by atoms with Crippen molar-refractivity contribution in [3.8, 4) is 6.19 Å². The monoisotopic (exact) mass is 179 g/mol. The van der Waals surface area contributed by atoms with Gasteiger partial charge in [-0.2, -0.15) is 5.26 Å². The second-order valence-corrected chi connectivity index (χ2v) is 3.92. The van der Waals surface area contributed by atoms with E-state index >= 15 is 0 Å². The third-order valence-corrected chi connectivity index (χ3v) is 3.08. The van der Waals surface area contributed by atoms with Crippen molar-refractivity contribution in [2.45, 2.75) is 25.7 Å². The van der Waals surface area contributed by atoms with Crippen LogP contribution in [0.25, 0.3) is 0 Å². The molecule has 0 saturated carbocycles. The van der Waals surface area contributed by atoms with Crippen molar-refractivity contribution in [3.63, 3.8) is 0 Å². The fourth-order valence-corrected chi connectivity index (χ4v) is 2.45. The highest BCUT2D eigenvalue weighted by atomic mass is 32.1. The van der Waals surface area contributed by atoms with E-state index in [0.717, 1.165) is 18.0 Å². The van der Waals surface area contributed by atoms with Crippen molar-refractivity contribution in [2.75, 3.05) is 5.32 Å². The Morgan fingerprint density at radius 3 is 3.00 bits per heavy atom. The minimum absolute atomic E-state index is 0.754. The Bertz CT molecular complexity index is 300. The molecule has 1 heterocycles. The maximum atomic E-state index is 8.39. The van der Waals surface area contributed by atoms with Gasteiger partial charge in [0.25, 0.3) is 0 Å². The molecular formula is C8H9N3S. The number of nitriles is 1. The Hall–Kier alpha value is -1.08. The van der Waals surface area contributed by atoms with E-state index in [9.17, 15) is 0 Å². The Morgan fingerprint density at radius 1 is 1.42 bits per heavy atom. The minimum Gasteiger partial charge on any atom is -0.268 e. The molecule has 1 aliphatic carbocycles. The Kier molecular flexibility index (Phi) is 1.96. The lowest BCUT2D eigenvalue weighted by molar-refractivity contribution is 0.683. The van der Waals surface area contributed by atoms with Crippen LogP contribution < -0.4 is 5.32 Å². The van der Waals surface area contributed by atoms with Crippen LogP contribution >= 0.6 is 11.3 Å². The number of anilines is 1. The van der Waals surface area contributed by atoms with Crippen LogP contribution in [-0.4, -0.2) is 4.98 Å². The van der Waals surface area contributed by atoms with Gasteiger partial charge in [0.1, 0.15) is 0 Å². The number of aryl methyl sites for hydroxylation is 2. The van der Waals surface area contributed by atoms with Crippen LogP contribution in [0.5, 0.6) is 0 Å². The maximum absolute atomic E-state index is 8.39. The predicted molar refractivity (Wildman–Crippen MR) is 48.0 cm³/mol. The molecule has 0 unspecified atom stereocenters. The highest BCUT2D eigenvalue weighted by molar-refractivity contribution is 7.15. The normalized spacial score (nSPS) is 14.9. The van der Waals surface area contributed by atoms with Crippen LogP contribution in [0, 0.1) is 11.5 Å². The fourth-order valence-electron chi connectivity index (χ4n) is 1.45. The van der Waals surface area contributed by atoms with E-state index in [4.69, 9.17) is 5.26 Å². The van der Waals surface area contributed by atoms with Crippen LogP contribution in [-0.2, 0) is 12.8 Å². The summed E-state index contributed by atoms with van der Waals surface area (Å²) in [6, 6.07) is 0. The van der Waals surface area contributed by atoms with Crippen molar-refractivity contribution in [1.82, 2.24) is 4.98 Å². The molecular weight excluding hydrogens is 170 g/mol. The van der Waals surface area contributed by atoms with Crippen LogP contribution in [0.15, 0.2) is 0 Å². The van der Waals surface area contributed by atoms with E-state index in [1.807, 2.05) is 6.19 Å². The molecule has 0 bridgehead atoms. The molecule has 12 heavy (non-hydrogen) atoms. The van der Waals surface area contributed by atoms with Crippen LogP contribution in [0.3, 0.4) is 0 Å². The van der Waals surface area contributed by atoms with E-state index in [2.05, 4.69) is 10.3 Å². The largest absolute Gasteiger partial charge is 0.268 e. The SMILES string of the molecule is N#CNc1nc2c(s1)CCCC2. The molecule has 4 heteroatoms. The number of nitrogens with zero attached hydrogens (tertiary/aromatic N) is 2. The number of hydrogen-bond acceptors (Lipinski definition) is 4. The van der Waals surface area contributed by atoms with Gasteiger partial charge in [-0.25, -0.2) is 4.98 Å². The lowest BCUT2D eigenvalue weighted by atomic mass is 10.0. The van der Waals surface area contributed by atoms with E-state index in [0.29, 0.717) is 0 Å². The molecule has 0 saturated heterocycles. The van der Waals surface area contributed by atoms with Crippen LogP contribution in [0.2, 0.25) is 0 Å². The zero-order valence-electron chi connectivity index (χ0n) is 6.63. The summed E-state index contributed by atoms with van der Waals surface area (Å²) in [6.45, 7) is 0. The predicted octanol–water partition coefficient (Wildman–Crippen LogP) is 1.91. The summed E-state index contributed by atoms with van der Waals surface area (Å²) in [7, 11) is 0. The van der Waals surface area contributed by atoms with E-state index in [1.165, 1.54) is 23.4 Å². The first kappa shape index (κ1) is 7.56. The topological polar surface area (TPSA) is 48.7 Å². The quantitative estimate of drug-likeness (QED) is 0.529. The molecule has 0 fully saturated rings. The van der Waals surface area contributed by atoms with Gasteiger partial charge in [-0.1, -0.05) is 0 Å². The standard InChI is InChI=1S/C8H9N3S/c9-5-10-8-11-6-3-1-2-4-7(6)12-8/h1-4H2,(H,10,11). The first-order valence-corrected chi connectivity index (χ1v) is 4.85. The number of rotatable bonds is 1. The zero-order valence-corrected chi connectivity index (χ0v) is 7.45. The summed E-state index contributed by atoms with van der Waals surface area (Å²) in [5.74, 6) is 0. The van der Waals surface area contributed by atoms with E-state index in [-0.39, 0.29) is 0 Å². The maximum Gasteiger partial charge on any atom is 0.196 e. The second-order valence-electron chi connectivity index (χ2n) is 2.83. The van der Waals surface area contributed by atoms with E-state index < -0.39 is 0 Å². The molecule has 62 valence electrons. The average molecular weight is 179 g/mol. The molecule has 0 amide bonds. The van der Waals surface area contributed by atoms with Crippen LogP contribution in [0.4, 0.5) is 5.13 Å². The molecule has 1 aromatic rings. The lowest BCUT2D eigenvalue weighted by Gasteiger charge is -2.06. The van der Waals surface area contributed by atoms with Crippen LogP contribution in [0.1, 0.15) is 23.4 Å². The van der Waals surface area contributed by atoms with Gasteiger partial charge in [0.05, 0.1) is 5.69 Å². The first-order chi connectivity index (χ1) is 5.90. The number of aromatic nitrogens is 1. The molecule has 0 aromatic carbocycles. The van der Waals surface area contributed by atoms with Gasteiger partial charge in [0.15, 0.2) is 11.3 Å². The number of nitrogens with one attached hydrogen (secondary N) is 1. The summed E-state index contributed by atoms with van der Waals surface area (Å²) in [6.07, 6.45) is 6.62. The molecule has 1 aromatic heterocycles. The molecule has 0 atom stereocenters. The Labute approximate surface area is 75.1 Å². The summed E-state index contributed by atoms with van der Waals surface area (Å²) in [5.41, 5.74) is 1.20. The fraction of sp³-hybridized carbons (Fsp3) is 0.500. The molecule has 2 rings (SSSR count). The summed E-state index contributed by atoms with van der Waals surface area (Å²) in [4.78, 5) is 5.69. The molecule has 0 aliphatic heterocycles. The second kappa shape index (κ2) is 3.11. The zero-order chi connectivity index (χ0) is 8.39. The molecule has 0 radical (unpaired) electrons. The van der Waals surface area contributed by atoms with Crippen molar-refractivity contribution >= 4 is 16.5 Å². The van der Waals surface area contributed by atoms with Gasteiger partial charge in [0, 0.05) is 4.88 Å². The van der Waals surface area contributed by atoms with Gasteiger partial charge >= 0.3 is 0 Å². The molecule has 1 N–H and O–H groups in total. The van der Waals surface area contributed by atoms with Crippen molar-refractivity contribution in [2.24, 2.45) is 0 Å². The van der Waals surface area contributed by atoms with Crippen molar-refractivity contribution < 1.29 is 0 Å². The van der Waals surface area contributed by atoms with Crippen molar-refractivity contribution in [3.05, 3.63) is 10.6 Å². The lowest BCUT2D eigenvalue weighted by Crippen LogP contribution is -1.99. The minimum atomic E-state index is 0.754. The third-order valence-electron chi connectivity index (χ3n) is 2.01. The third kappa shape index (κ3) is 1.28. The highest BCUT2D eigenvalue weighted by Crippen LogP contribution is 2.29. The number of hydrogen-bond donors (Lipinski definition) is 1. The number of fused-ring (bicyclic) bond motifs is 1. The van der Waals surface area contributed by atoms with Gasteiger partial charge in [-0.3, -0.25) is 5.32 Å². The Balaban J connectivity index is 2.27. The molecule has 0 spiro atoms. The van der Waals surface area contributed by atoms with Gasteiger partial charge < -0.3 is 0 Å². The van der Waals surface area contributed by atoms with Gasteiger partial charge in [-0.05, 0) is 25.7 Å². The van der Waals surface area contributed by atoms with Crippen molar-refractivity contribution in [1.29, 1.82) is 5.26 Å². The van der Waals surface area contributed by atoms with Gasteiger partial charge in [0.2, 0.25) is 0 Å². The highest BCUT2D eigenvalue weighted by Gasteiger charge is 2.14. The van der Waals surface area contributed by atoms with E-state index in [1.54, 1.807) is 11.3 Å². The smallest absolute Gasteiger partial charge is 0.196 e. The molecule has 3 nitrogen and oxygen atoms in total. The first-order valence-electron chi connectivity index (χ1n) is 4.04. The summed E-state index contributed by atoms with van der Waals surface area (Å²) in [5, 5.41) is 11.7. The summed E-state index contributed by atoms with van der Waals surface area (Å²) >= 11 is 1.62. The summed E-state index contributed by atoms with van der Waals surface area (Å²) < 4.78 is 0.